The summed E-state index contributed by atoms with van der Waals surface area (Å²) >= 11 is 0. The van der Waals surface area contributed by atoms with Crippen LogP contribution >= 0.6 is 0 Å². The van der Waals surface area contributed by atoms with E-state index < -0.39 is 12.1 Å². The molecule has 2 heterocycles. The molecule has 0 unspecified atom stereocenters. The topological polar surface area (TPSA) is 61.9 Å². The van der Waals surface area contributed by atoms with Gasteiger partial charge in [0.1, 0.15) is 12.1 Å². The van der Waals surface area contributed by atoms with Crippen LogP contribution in [0, 0.1) is 13.8 Å². The summed E-state index contributed by atoms with van der Waals surface area (Å²) in [7, 11) is 0. The van der Waals surface area contributed by atoms with Gasteiger partial charge < -0.3 is 15.0 Å². The zero-order chi connectivity index (χ0) is 21.1. The third-order valence-electron chi connectivity index (χ3n) is 6.04. The average molecular weight is 408 g/mol. The third-order valence-corrected chi connectivity index (χ3v) is 6.04. The summed E-state index contributed by atoms with van der Waals surface area (Å²) in [6, 6.07) is 15.3. The van der Waals surface area contributed by atoms with Gasteiger partial charge in [-0.15, -0.1) is 0 Å². The number of fused-ring (bicyclic) bond motifs is 1. The number of nitrogens with zero attached hydrogens (tertiary/aromatic N) is 2. The Labute approximate surface area is 177 Å². The highest BCUT2D eigenvalue weighted by atomic mass is 16.5. The Bertz CT molecular complexity index is 915. The van der Waals surface area contributed by atoms with Gasteiger partial charge in [-0.2, -0.15) is 0 Å². The van der Waals surface area contributed by atoms with E-state index in [9.17, 15) is 9.59 Å². The van der Waals surface area contributed by atoms with Crippen LogP contribution in [0.4, 0.5) is 0 Å². The molecule has 4 rings (SSSR count). The Balaban J connectivity index is 1.33. The van der Waals surface area contributed by atoms with Gasteiger partial charge in [0, 0.05) is 26.2 Å². The highest BCUT2D eigenvalue weighted by molar-refractivity contribution is 5.97. The van der Waals surface area contributed by atoms with E-state index in [0.717, 1.165) is 18.7 Å². The fourth-order valence-corrected chi connectivity index (χ4v) is 4.14. The van der Waals surface area contributed by atoms with E-state index >= 15 is 0 Å². The maximum absolute atomic E-state index is 12.9. The van der Waals surface area contributed by atoms with Crippen LogP contribution in [0.1, 0.15) is 22.3 Å². The Morgan fingerprint density at radius 2 is 1.80 bits per heavy atom. The van der Waals surface area contributed by atoms with Crippen molar-refractivity contribution >= 4 is 11.8 Å². The van der Waals surface area contributed by atoms with Crippen molar-refractivity contribution in [2.75, 3.05) is 26.2 Å². The number of hydrogen-bond acceptors (Lipinski definition) is 4. The molecule has 2 aromatic carbocycles. The molecular weight excluding hydrogens is 378 g/mol. The number of rotatable bonds is 6. The Morgan fingerprint density at radius 3 is 2.57 bits per heavy atom. The predicted molar refractivity (Wildman–Crippen MR) is 115 cm³/mol. The quantitative estimate of drug-likeness (QED) is 0.796. The first kappa shape index (κ1) is 20.6. The standard InChI is InChI=1S/C24H29N3O3/c1-17-8-9-20(12-18(17)2)13-26-10-11-27-22(14-26)23(28)25-21(24(27)29)16-30-15-19-6-4-3-5-7-19/h3-9,12,21-22H,10-11,13-16H2,1-2H3,(H,25,28)/t21-,22+/m0/s1. The minimum absolute atomic E-state index is 0.0431. The molecule has 2 saturated heterocycles. The van der Waals surface area contributed by atoms with Crippen molar-refractivity contribution in [3.05, 3.63) is 70.8 Å². The van der Waals surface area contributed by atoms with E-state index in [4.69, 9.17) is 4.74 Å². The number of piperazine rings is 2. The van der Waals surface area contributed by atoms with Gasteiger partial charge in [0.25, 0.3) is 0 Å². The molecule has 0 aliphatic carbocycles. The van der Waals surface area contributed by atoms with Crippen molar-refractivity contribution in [3.63, 3.8) is 0 Å². The molecule has 0 spiro atoms. The second-order valence-electron chi connectivity index (χ2n) is 8.26. The largest absolute Gasteiger partial charge is 0.374 e. The maximum atomic E-state index is 12.9. The summed E-state index contributed by atoms with van der Waals surface area (Å²) in [4.78, 5) is 29.6. The molecule has 1 N–H and O–H groups in total. The Morgan fingerprint density at radius 1 is 1.00 bits per heavy atom. The molecule has 0 bridgehead atoms. The molecule has 6 nitrogen and oxygen atoms in total. The molecule has 0 radical (unpaired) electrons. The number of nitrogens with one attached hydrogen (secondary N) is 1. The van der Waals surface area contributed by atoms with Gasteiger partial charge >= 0.3 is 0 Å². The first-order chi connectivity index (χ1) is 14.5. The van der Waals surface area contributed by atoms with Crippen LogP contribution in [0.2, 0.25) is 0 Å². The summed E-state index contributed by atoms with van der Waals surface area (Å²) in [6.45, 7) is 7.51. The first-order valence-corrected chi connectivity index (χ1v) is 10.5. The molecule has 0 aromatic heterocycles. The summed E-state index contributed by atoms with van der Waals surface area (Å²) in [5.74, 6) is -0.133. The number of benzene rings is 2. The van der Waals surface area contributed by atoms with E-state index in [1.54, 1.807) is 4.90 Å². The molecule has 2 aliphatic rings. The maximum Gasteiger partial charge on any atom is 0.248 e. The second kappa shape index (κ2) is 8.98. The highest BCUT2D eigenvalue weighted by Crippen LogP contribution is 2.19. The van der Waals surface area contributed by atoms with Gasteiger partial charge in [-0.25, -0.2) is 0 Å². The zero-order valence-corrected chi connectivity index (χ0v) is 17.6. The minimum Gasteiger partial charge on any atom is -0.374 e. The van der Waals surface area contributed by atoms with Crippen LogP contribution in [0.15, 0.2) is 48.5 Å². The van der Waals surface area contributed by atoms with E-state index in [1.807, 2.05) is 30.3 Å². The van der Waals surface area contributed by atoms with Gasteiger partial charge in [-0.3, -0.25) is 14.5 Å². The molecule has 2 aromatic rings. The number of amides is 2. The number of hydrogen-bond donors (Lipinski definition) is 1. The molecule has 2 fully saturated rings. The molecular formula is C24H29N3O3. The van der Waals surface area contributed by atoms with Crippen molar-refractivity contribution in [2.24, 2.45) is 0 Å². The lowest BCUT2D eigenvalue weighted by molar-refractivity contribution is -0.155. The first-order valence-electron chi connectivity index (χ1n) is 10.5. The van der Waals surface area contributed by atoms with Crippen LogP contribution in [-0.4, -0.2) is 59.9 Å². The normalized spacial score (nSPS) is 22.0. The van der Waals surface area contributed by atoms with Crippen LogP contribution < -0.4 is 5.32 Å². The van der Waals surface area contributed by atoms with Crippen LogP contribution in [0.3, 0.4) is 0 Å². The SMILES string of the molecule is Cc1ccc(CN2CCN3C(=O)[C@H](COCc4ccccc4)NC(=O)[C@H]3C2)cc1C. The molecule has 6 heteroatoms. The predicted octanol–water partition coefficient (Wildman–Crippen LogP) is 2.03. The van der Waals surface area contributed by atoms with E-state index in [2.05, 4.69) is 42.3 Å². The van der Waals surface area contributed by atoms with E-state index in [0.29, 0.717) is 19.7 Å². The van der Waals surface area contributed by atoms with Gasteiger partial charge in [-0.1, -0.05) is 48.5 Å². The second-order valence-corrected chi connectivity index (χ2v) is 8.26. The molecule has 2 amide bonds. The highest BCUT2D eigenvalue weighted by Gasteiger charge is 2.43. The van der Waals surface area contributed by atoms with Crippen molar-refractivity contribution < 1.29 is 14.3 Å². The van der Waals surface area contributed by atoms with Gasteiger partial charge in [-0.05, 0) is 36.1 Å². The molecule has 2 atom stereocenters. The van der Waals surface area contributed by atoms with Crippen LogP contribution in [-0.2, 0) is 27.5 Å². The summed E-state index contributed by atoms with van der Waals surface area (Å²) in [6.07, 6.45) is 0. The van der Waals surface area contributed by atoms with E-state index in [1.165, 1.54) is 16.7 Å². The third kappa shape index (κ3) is 4.55. The summed E-state index contributed by atoms with van der Waals surface area (Å²) in [5.41, 5.74) is 4.84. The van der Waals surface area contributed by atoms with Gasteiger partial charge in [0.2, 0.25) is 11.8 Å². The fraction of sp³-hybridized carbons (Fsp3) is 0.417. The monoisotopic (exact) mass is 407 g/mol. The van der Waals surface area contributed by atoms with E-state index in [-0.39, 0.29) is 18.4 Å². The van der Waals surface area contributed by atoms with Gasteiger partial charge in [0.05, 0.1) is 13.2 Å². The molecule has 30 heavy (non-hydrogen) atoms. The molecule has 2 aliphatic heterocycles. The number of ether oxygens (including phenoxy) is 1. The molecule has 0 saturated carbocycles. The fourth-order valence-electron chi connectivity index (χ4n) is 4.14. The van der Waals surface area contributed by atoms with Crippen molar-refractivity contribution in [2.45, 2.75) is 39.1 Å². The lowest BCUT2D eigenvalue weighted by Gasteiger charge is -2.45. The smallest absolute Gasteiger partial charge is 0.248 e. The van der Waals surface area contributed by atoms with Crippen LogP contribution in [0.5, 0.6) is 0 Å². The van der Waals surface area contributed by atoms with Crippen molar-refractivity contribution in [3.8, 4) is 0 Å². The Kier molecular flexibility index (Phi) is 6.16. The average Bonchev–Trinajstić information content (AvgIpc) is 2.75. The molecule has 158 valence electrons. The lowest BCUT2D eigenvalue weighted by Crippen LogP contribution is -2.69. The van der Waals surface area contributed by atoms with Crippen molar-refractivity contribution in [1.29, 1.82) is 0 Å². The van der Waals surface area contributed by atoms with Gasteiger partial charge in [0.15, 0.2) is 0 Å². The zero-order valence-electron chi connectivity index (χ0n) is 17.6. The summed E-state index contributed by atoms with van der Waals surface area (Å²) < 4.78 is 5.71. The lowest BCUT2D eigenvalue weighted by atomic mass is 10.0. The Hall–Kier alpha value is -2.70. The minimum atomic E-state index is -0.608. The van der Waals surface area contributed by atoms with Crippen LogP contribution in [0.25, 0.3) is 0 Å². The number of carbonyl (C=O) groups is 2. The summed E-state index contributed by atoms with van der Waals surface area (Å²) in [5, 5.41) is 2.87. The number of aryl methyl sites for hydroxylation is 2. The number of carbonyl (C=O) groups excluding carboxylic acids is 2. The van der Waals surface area contributed by atoms with Crippen molar-refractivity contribution in [1.82, 2.24) is 15.1 Å².